The van der Waals surface area contributed by atoms with E-state index in [9.17, 15) is 14.4 Å². The van der Waals surface area contributed by atoms with Crippen LogP contribution in [0.15, 0.2) is 0 Å². The van der Waals surface area contributed by atoms with Crippen molar-refractivity contribution in [1.82, 2.24) is 0 Å². The number of hydrogen-bond donors (Lipinski definition) is 0. The van der Waals surface area contributed by atoms with Gasteiger partial charge in [-0.2, -0.15) is 0 Å². The van der Waals surface area contributed by atoms with E-state index in [4.69, 9.17) is 9.47 Å². The molecule has 4 aliphatic rings. The van der Waals surface area contributed by atoms with Crippen molar-refractivity contribution in [1.29, 1.82) is 0 Å². The van der Waals surface area contributed by atoms with E-state index in [1.807, 2.05) is 6.92 Å². The van der Waals surface area contributed by atoms with Crippen molar-refractivity contribution < 1.29 is 23.9 Å². The van der Waals surface area contributed by atoms with Gasteiger partial charge in [0.1, 0.15) is 12.2 Å². The van der Waals surface area contributed by atoms with Crippen LogP contribution in [0.1, 0.15) is 99.3 Å². The fourth-order valence-electron chi connectivity index (χ4n) is 9.46. The molecule has 0 aromatic rings. The van der Waals surface area contributed by atoms with Crippen LogP contribution in [0.5, 0.6) is 0 Å². The highest BCUT2D eigenvalue weighted by molar-refractivity contribution is 8.13. The first kappa shape index (κ1) is 27.0. The molecule has 0 N–H and O–H groups in total. The average molecular weight is 507 g/mol. The second kappa shape index (κ2) is 10.4. The molecule has 0 amide bonds. The molecule has 0 aromatic carbocycles. The predicted octanol–water partition coefficient (Wildman–Crippen LogP) is 6.42. The quantitative estimate of drug-likeness (QED) is 0.387. The highest BCUT2D eigenvalue weighted by atomic mass is 32.2. The Morgan fingerprint density at radius 1 is 0.943 bits per heavy atom. The fraction of sp³-hybridized carbons (Fsp3) is 0.897. The molecule has 5 nitrogen and oxygen atoms in total. The largest absolute Gasteiger partial charge is 0.463 e. The van der Waals surface area contributed by atoms with Gasteiger partial charge in [0.25, 0.3) is 0 Å². The molecule has 10 atom stereocenters. The lowest BCUT2D eigenvalue weighted by Crippen LogP contribution is -2.59. The zero-order valence-electron chi connectivity index (χ0n) is 22.6. The summed E-state index contributed by atoms with van der Waals surface area (Å²) in [5, 5.41) is 0.294. The van der Waals surface area contributed by atoms with Gasteiger partial charge in [0.15, 0.2) is 5.12 Å². The summed E-state index contributed by atoms with van der Waals surface area (Å²) in [7, 11) is 0. The highest BCUT2D eigenvalue weighted by Gasteiger charge is 2.65. The van der Waals surface area contributed by atoms with E-state index in [1.54, 1.807) is 6.92 Å². The smallest absolute Gasteiger partial charge is 0.302 e. The topological polar surface area (TPSA) is 69.7 Å². The standard InChI is InChI=1S/C29H46O5S/c1-7-35-27(32)14-17(2)23-10-11-24-22-9-8-20-15-21(33-18(3)30)12-13-28(20,5)25(22)16-26(29(23,24)6)34-19(4)31/h17,20-26H,7-16H2,1-6H3. The van der Waals surface area contributed by atoms with Gasteiger partial charge in [-0.05, 0) is 98.0 Å². The maximum absolute atomic E-state index is 12.5. The summed E-state index contributed by atoms with van der Waals surface area (Å²) in [6, 6.07) is 0. The fourth-order valence-corrected chi connectivity index (χ4v) is 10.2. The van der Waals surface area contributed by atoms with Crippen molar-refractivity contribution in [2.75, 3.05) is 5.75 Å². The van der Waals surface area contributed by atoms with Crippen LogP contribution in [0, 0.1) is 46.3 Å². The van der Waals surface area contributed by atoms with E-state index in [0.717, 1.165) is 37.9 Å². The Labute approximate surface area is 216 Å². The minimum Gasteiger partial charge on any atom is -0.463 e. The molecule has 35 heavy (non-hydrogen) atoms. The normalized spacial score (nSPS) is 43.3. The number of thioether (sulfide) groups is 1. The molecule has 0 spiro atoms. The predicted molar refractivity (Wildman–Crippen MR) is 139 cm³/mol. The van der Waals surface area contributed by atoms with E-state index in [-0.39, 0.29) is 35.0 Å². The van der Waals surface area contributed by atoms with Gasteiger partial charge in [-0.25, -0.2) is 0 Å². The Balaban J connectivity index is 1.59. The molecule has 198 valence electrons. The van der Waals surface area contributed by atoms with Gasteiger partial charge in [-0.3, -0.25) is 14.4 Å². The van der Waals surface area contributed by atoms with E-state index in [2.05, 4.69) is 20.8 Å². The third kappa shape index (κ3) is 4.94. The van der Waals surface area contributed by atoms with E-state index < -0.39 is 0 Å². The Hall–Kier alpha value is -1.04. The van der Waals surface area contributed by atoms with Gasteiger partial charge < -0.3 is 9.47 Å². The van der Waals surface area contributed by atoms with Gasteiger partial charge in [0.05, 0.1) is 0 Å². The first-order valence-electron chi connectivity index (χ1n) is 14.0. The molecular formula is C29H46O5S. The van der Waals surface area contributed by atoms with Crippen LogP contribution < -0.4 is 0 Å². The first-order valence-corrected chi connectivity index (χ1v) is 15.0. The summed E-state index contributed by atoms with van der Waals surface area (Å²) in [6.45, 7) is 12.2. The molecule has 4 saturated carbocycles. The van der Waals surface area contributed by atoms with Crippen molar-refractivity contribution >= 4 is 28.8 Å². The first-order chi connectivity index (χ1) is 16.5. The molecule has 10 unspecified atom stereocenters. The monoisotopic (exact) mass is 506 g/mol. The maximum Gasteiger partial charge on any atom is 0.302 e. The summed E-state index contributed by atoms with van der Waals surface area (Å²) in [5.74, 6) is 3.47. The molecule has 0 heterocycles. The summed E-state index contributed by atoms with van der Waals surface area (Å²) >= 11 is 1.44. The van der Waals surface area contributed by atoms with Crippen molar-refractivity contribution in [2.45, 2.75) is 112 Å². The van der Waals surface area contributed by atoms with Crippen molar-refractivity contribution in [3.8, 4) is 0 Å². The molecule has 0 aromatic heterocycles. The van der Waals surface area contributed by atoms with E-state index in [0.29, 0.717) is 47.0 Å². The van der Waals surface area contributed by atoms with Crippen molar-refractivity contribution in [3.05, 3.63) is 0 Å². The molecule has 0 aliphatic heterocycles. The van der Waals surface area contributed by atoms with Crippen LogP contribution in [0.4, 0.5) is 0 Å². The van der Waals surface area contributed by atoms with E-state index >= 15 is 0 Å². The van der Waals surface area contributed by atoms with Crippen LogP contribution in [-0.2, 0) is 23.9 Å². The van der Waals surface area contributed by atoms with Gasteiger partial charge in [0.2, 0.25) is 0 Å². The molecule has 6 heteroatoms. The third-order valence-corrected chi connectivity index (χ3v) is 11.7. The number of fused-ring (bicyclic) bond motifs is 5. The lowest BCUT2D eigenvalue weighted by atomic mass is 9.43. The number of rotatable bonds is 6. The second-order valence-electron chi connectivity index (χ2n) is 12.5. The third-order valence-electron chi connectivity index (χ3n) is 10.9. The number of carbonyl (C=O) groups excluding carboxylic acids is 3. The Kier molecular flexibility index (Phi) is 8.01. The van der Waals surface area contributed by atoms with Gasteiger partial charge in [0, 0.05) is 25.7 Å². The Bertz CT molecular complexity index is 828. The molecule has 0 bridgehead atoms. The number of ether oxygens (including phenoxy) is 2. The molecule has 0 radical (unpaired) electrons. The lowest BCUT2D eigenvalue weighted by molar-refractivity contribution is -0.197. The Morgan fingerprint density at radius 2 is 1.66 bits per heavy atom. The number of hydrogen-bond acceptors (Lipinski definition) is 6. The molecule has 0 saturated heterocycles. The van der Waals surface area contributed by atoms with Gasteiger partial charge in [-0.1, -0.05) is 39.5 Å². The molecule has 4 fully saturated rings. The zero-order valence-corrected chi connectivity index (χ0v) is 23.5. The van der Waals surface area contributed by atoms with Crippen LogP contribution in [0.2, 0.25) is 0 Å². The van der Waals surface area contributed by atoms with Gasteiger partial charge >= 0.3 is 11.9 Å². The van der Waals surface area contributed by atoms with Gasteiger partial charge in [-0.15, -0.1) is 0 Å². The molecular weight excluding hydrogens is 460 g/mol. The average Bonchev–Trinajstić information content (AvgIpc) is 3.12. The Morgan fingerprint density at radius 3 is 2.31 bits per heavy atom. The molecule has 4 aliphatic carbocycles. The summed E-state index contributed by atoms with van der Waals surface area (Å²) in [6.07, 6.45) is 9.22. The SMILES string of the molecule is CCSC(=O)CC(C)C1CCC2C3CCC4CC(OC(C)=O)CCC4(C)C3CC(OC(C)=O)C12C. The summed E-state index contributed by atoms with van der Waals surface area (Å²) in [4.78, 5) is 36.4. The maximum atomic E-state index is 12.5. The second-order valence-corrected chi connectivity index (χ2v) is 13.9. The van der Waals surface area contributed by atoms with Crippen LogP contribution >= 0.6 is 11.8 Å². The van der Waals surface area contributed by atoms with Crippen LogP contribution in [0.3, 0.4) is 0 Å². The molecule has 4 rings (SSSR count). The lowest BCUT2D eigenvalue weighted by Gasteiger charge is -2.62. The number of esters is 2. The summed E-state index contributed by atoms with van der Waals surface area (Å²) < 4.78 is 11.8. The van der Waals surface area contributed by atoms with Crippen molar-refractivity contribution in [2.24, 2.45) is 46.3 Å². The van der Waals surface area contributed by atoms with Crippen LogP contribution in [-0.4, -0.2) is 35.0 Å². The zero-order chi connectivity index (χ0) is 25.5. The van der Waals surface area contributed by atoms with Crippen molar-refractivity contribution in [3.63, 3.8) is 0 Å². The summed E-state index contributed by atoms with van der Waals surface area (Å²) in [5.41, 5.74) is 0.137. The minimum atomic E-state index is -0.180. The minimum absolute atomic E-state index is 0.0514. The highest BCUT2D eigenvalue weighted by Crippen LogP contribution is 2.69. The van der Waals surface area contributed by atoms with E-state index in [1.165, 1.54) is 37.9 Å². The number of carbonyl (C=O) groups is 3. The van der Waals surface area contributed by atoms with Crippen LogP contribution in [0.25, 0.3) is 0 Å².